The van der Waals surface area contributed by atoms with Crippen LogP contribution in [-0.4, -0.2) is 66.8 Å². The Balaban J connectivity index is 2.14. The molecule has 0 spiro atoms. The summed E-state index contributed by atoms with van der Waals surface area (Å²) in [6, 6.07) is 0. The highest BCUT2D eigenvalue weighted by molar-refractivity contribution is 7.56. The molecule has 0 aliphatic carbocycles. The molecule has 0 fully saturated rings. The van der Waals surface area contributed by atoms with Gasteiger partial charge in [-0.05, 0) is 41.5 Å². The number of nitrogens with zero attached hydrogens (tertiary/aromatic N) is 4. The van der Waals surface area contributed by atoms with E-state index in [9.17, 15) is 19.3 Å². The lowest BCUT2D eigenvalue weighted by molar-refractivity contribution is -0.155. The van der Waals surface area contributed by atoms with Crippen LogP contribution in [0, 0.1) is 0 Å². The van der Waals surface area contributed by atoms with Crippen molar-refractivity contribution in [3.05, 3.63) is 12.7 Å². The molecule has 4 N–H and O–H groups in total. The van der Waals surface area contributed by atoms with Gasteiger partial charge in [0.15, 0.2) is 17.6 Å². The third kappa shape index (κ3) is 7.19. The van der Waals surface area contributed by atoms with Gasteiger partial charge in [0.2, 0.25) is 0 Å². The predicted molar refractivity (Wildman–Crippen MR) is 119 cm³/mol. The molecular weight excluding hydrogens is 455 g/mol. The number of ether oxygens (including phenoxy) is 2. The summed E-state index contributed by atoms with van der Waals surface area (Å²) in [5.41, 5.74) is 5.13. The lowest BCUT2D eigenvalue weighted by atomic mass is 10.1. The second kappa shape index (κ2) is 10.6. The van der Waals surface area contributed by atoms with Gasteiger partial charge in [0.05, 0.1) is 25.1 Å². The molecule has 0 aliphatic heterocycles. The van der Waals surface area contributed by atoms with Crippen molar-refractivity contribution in [1.29, 1.82) is 0 Å². The van der Waals surface area contributed by atoms with Gasteiger partial charge < -0.3 is 29.4 Å². The molecule has 2 aromatic heterocycles. The van der Waals surface area contributed by atoms with Crippen molar-refractivity contribution in [1.82, 2.24) is 24.6 Å². The fourth-order valence-electron chi connectivity index (χ4n) is 2.78. The molecular formula is C19H31N6O7P. The van der Waals surface area contributed by atoms with Gasteiger partial charge >= 0.3 is 11.9 Å². The van der Waals surface area contributed by atoms with Crippen molar-refractivity contribution in [2.24, 2.45) is 0 Å². The molecule has 2 rings (SSSR count). The first-order chi connectivity index (χ1) is 15.2. The number of imidazole rings is 1. The van der Waals surface area contributed by atoms with Gasteiger partial charge in [0.25, 0.3) is 7.52 Å². The summed E-state index contributed by atoms with van der Waals surface area (Å²) in [7, 11) is -3.97. The summed E-state index contributed by atoms with van der Waals surface area (Å²) in [5, 5.41) is 11.9. The molecule has 13 nitrogen and oxygen atoms in total. The topological polar surface area (TPSA) is 181 Å². The number of nitrogens with two attached hydrogens (primary N) is 1. The second-order valence-electron chi connectivity index (χ2n) is 8.38. The Morgan fingerprint density at radius 1 is 1.24 bits per heavy atom. The number of hydrogen-bond donors (Lipinski definition) is 3. The number of aromatic nitrogens is 4. The van der Waals surface area contributed by atoms with Gasteiger partial charge in [0, 0.05) is 0 Å². The normalized spacial score (nSPS) is 15.8. The summed E-state index contributed by atoms with van der Waals surface area (Å²) >= 11 is 0. The quantitative estimate of drug-likeness (QED) is 0.293. The highest BCUT2D eigenvalue weighted by Crippen LogP contribution is 2.46. The van der Waals surface area contributed by atoms with E-state index in [0.717, 1.165) is 0 Å². The summed E-state index contributed by atoms with van der Waals surface area (Å²) in [6.45, 7) is 9.36. The average molecular weight is 486 g/mol. The number of esters is 1. The number of carboxylic acid groups (broad SMARTS) is 1. The molecule has 2 heterocycles. The fourth-order valence-corrected chi connectivity index (χ4v) is 4.95. The van der Waals surface area contributed by atoms with Crippen LogP contribution < -0.4 is 10.8 Å². The number of carbonyl (C=O) groups excluding carboxylic acids is 1. The van der Waals surface area contributed by atoms with Crippen LogP contribution in [0.2, 0.25) is 0 Å². The van der Waals surface area contributed by atoms with Crippen LogP contribution in [0.1, 0.15) is 41.5 Å². The molecule has 33 heavy (non-hydrogen) atoms. The Kier molecular flexibility index (Phi) is 8.52. The number of aliphatic carboxylic acids is 1. The van der Waals surface area contributed by atoms with Crippen LogP contribution in [0.25, 0.3) is 11.2 Å². The SMILES string of the molecule is CC(C)OC(=O)[C@@H](C)O[P@@](=O)(CO[C@H](C)Cn1cnc2c(N)ncnc21)NC(C)(C)C(=O)O. The molecule has 0 unspecified atom stereocenters. The van der Waals surface area contributed by atoms with Crippen LogP contribution in [0.5, 0.6) is 0 Å². The van der Waals surface area contributed by atoms with Crippen molar-refractivity contribution >= 4 is 36.4 Å². The Morgan fingerprint density at radius 3 is 2.52 bits per heavy atom. The second-order valence-corrected chi connectivity index (χ2v) is 10.4. The number of rotatable bonds is 12. The number of nitrogens with one attached hydrogen (secondary N) is 1. The Morgan fingerprint density at radius 2 is 1.91 bits per heavy atom. The van der Waals surface area contributed by atoms with E-state index in [0.29, 0.717) is 11.2 Å². The van der Waals surface area contributed by atoms with E-state index < -0.39 is 49.7 Å². The minimum atomic E-state index is -3.97. The standard InChI is InChI=1S/C19H31N6O7P/c1-11(2)31-17(26)13(4)32-33(29,24-19(5,6)18(27)28)10-30-12(3)7-25-9-23-14-15(20)21-8-22-16(14)25/h8-9,11-13H,7,10H2,1-6H3,(H,24,29)(H,27,28)(H2,20,21,22)/t12-,13-,33+/m1/s1. The smallest absolute Gasteiger partial charge is 0.335 e. The van der Waals surface area contributed by atoms with Gasteiger partial charge in [-0.25, -0.2) is 24.8 Å². The Bertz CT molecular complexity index is 1040. The molecule has 0 aromatic carbocycles. The molecule has 0 saturated heterocycles. The number of fused-ring (bicyclic) bond motifs is 1. The lowest BCUT2D eigenvalue weighted by Crippen LogP contribution is -2.46. The Hall–Kier alpha value is -2.60. The monoisotopic (exact) mass is 486 g/mol. The summed E-state index contributed by atoms with van der Waals surface area (Å²) in [6.07, 6.45) is 0.231. The Labute approximate surface area is 191 Å². The predicted octanol–water partition coefficient (Wildman–Crippen LogP) is 1.77. The maximum Gasteiger partial charge on any atom is 0.335 e. The van der Waals surface area contributed by atoms with Crippen LogP contribution in [0.15, 0.2) is 12.7 Å². The lowest BCUT2D eigenvalue weighted by Gasteiger charge is -2.30. The third-order valence-electron chi connectivity index (χ3n) is 4.41. The maximum atomic E-state index is 13.5. The van der Waals surface area contributed by atoms with Crippen LogP contribution in [0.4, 0.5) is 5.82 Å². The highest BCUT2D eigenvalue weighted by atomic mass is 31.2. The van der Waals surface area contributed by atoms with Crippen molar-refractivity contribution < 1.29 is 33.3 Å². The number of carboxylic acids is 1. The van der Waals surface area contributed by atoms with Crippen molar-refractivity contribution in [2.75, 3.05) is 12.1 Å². The number of nitrogen functional groups attached to an aromatic ring is 1. The summed E-state index contributed by atoms with van der Waals surface area (Å²) in [5.74, 6) is -1.73. The van der Waals surface area contributed by atoms with Crippen LogP contribution in [-0.2, 0) is 34.7 Å². The highest BCUT2D eigenvalue weighted by Gasteiger charge is 2.39. The zero-order chi connectivity index (χ0) is 25.0. The first-order valence-corrected chi connectivity index (χ1v) is 12.1. The van der Waals surface area contributed by atoms with Crippen molar-refractivity contribution in [3.8, 4) is 0 Å². The van der Waals surface area contributed by atoms with E-state index >= 15 is 0 Å². The number of hydrogen-bond acceptors (Lipinski definition) is 10. The van der Waals surface area contributed by atoms with Gasteiger partial charge in [-0.15, -0.1) is 0 Å². The molecule has 0 radical (unpaired) electrons. The molecule has 0 bridgehead atoms. The van der Waals surface area contributed by atoms with Gasteiger partial charge in [-0.3, -0.25) is 9.36 Å². The molecule has 2 aromatic rings. The largest absolute Gasteiger partial charge is 0.480 e. The van der Waals surface area contributed by atoms with E-state index in [2.05, 4.69) is 20.0 Å². The van der Waals surface area contributed by atoms with Gasteiger partial charge in [0.1, 0.15) is 23.7 Å². The number of carbonyl (C=O) groups is 2. The van der Waals surface area contributed by atoms with Crippen LogP contribution >= 0.6 is 7.52 Å². The zero-order valence-electron chi connectivity index (χ0n) is 19.5. The zero-order valence-corrected chi connectivity index (χ0v) is 20.4. The van der Waals surface area contributed by atoms with E-state index in [1.807, 2.05) is 0 Å². The van der Waals surface area contributed by atoms with Crippen LogP contribution in [0.3, 0.4) is 0 Å². The molecule has 0 aliphatic rings. The van der Waals surface area contributed by atoms with E-state index in [1.54, 1.807) is 25.3 Å². The molecule has 184 valence electrons. The van der Waals surface area contributed by atoms with Gasteiger partial charge in [-0.2, -0.15) is 0 Å². The first kappa shape index (κ1) is 26.7. The molecule has 0 saturated carbocycles. The van der Waals surface area contributed by atoms with E-state index in [-0.39, 0.29) is 12.4 Å². The summed E-state index contributed by atoms with van der Waals surface area (Å²) in [4.78, 5) is 35.9. The van der Waals surface area contributed by atoms with E-state index in [1.165, 1.54) is 33.4 Å². The van der Waals surface area contributed by atoms with Crippen molar-refractivity contribution in [2.45, 2.75) is 71.9 Å². The fraction of sp³-hybridized carbons (Fsp3) is 0.632. The average Bonchev–Trinajstić information content (AvgIpc) is 3.09. The summed E-state index contributed by atoms with van der Waals surface area (Å²) < 4.78 is 31.5. The molecule has 3 atom stereocenters. The molecule has 0 amide bonds. The minimum absolute atomic E-state index is 0.243. The van der Waals surface area contributed by atoms with Crippen molar-refractivity contribution in [3.63, 3.8) is 0 Å². The van der Waals surface area contributed by atoms with E-state index in [4.69, 9.17) is 19.7 Å². The van der Waals surface area contributed by atoms with Gasteiger partial charge in [-0.1, -0.05) is 0 Å². The minimum Gasteiger partial charge on any atom is -0.480 e. The third-order valence-corrected chi connectivity index (χ3v) is 6.45. The number of anilines is 1. The first-order valence-electron chi connectivity index (χ1n) is 10.3. The maximum absolute atomic E-state index is 13.5. The molecule has 14 heteroatoms.